The lowest BCUT2D eigenvalue weighted by atomic mass is 10.0. The average molecular weight is 279 g/mol. The maximum atomic E-state index is 5.44. The van der Waals surface area contributed by atoms with Crippen LogP contribution in [0.15, 0.2) is 60.7 Å². The molecular formula is C19H21NO. The van der Waals surface area contributed by atoms with Crippen LogP contribution in [-0.2, 0) is 4.74 Å². The molecule has 2 nitrogen and oxygen atoms in total. The Morgan fingerprint density at radius 1 is 0.905 bits per heavy atom. The summed E-state index contributed by atoms with van der Waals surface area (Å²) in [5.74, 6) is 0. The molecule has 2 aromatic carbocycles. The van der Waals surface area contributed by atoms with Crippen molar-refractivity contribution in [1.29, 1.82) is 0 Å². The summed E-state index contributed by atoms with van der Waals surface area (Å²) in [6.07, 6.45) is 2.30. The fraction of sp³-hybridized carbons (Fsp3) is 0.263. The van der Waals surface area contributed by atoms with Gasteiger partial charge in [-0.2, -0.15) is 0 Å². The van der Waals surface area contributed by atoms with E-state index < -0.39 is 0 Å². The van der Waals surface area contributed by atoms with Gasteiger partial charge in [0.05, 0.1) is 13.2 Å². The number of hydrogen-bond donors (Lipinski definition) is 0. The molecule has 0 N–H and O–H groups in total. The molecule has 21 heavy (non-hydrogen) atoms. The van der Waals surface area contributed by atoms with E-state index in [4.69, 9.17) is 4.74 Å². The zero-order chi connectivity index (χ0) is 14.3. The number of hydrogen-bond acceptors (Lipinski definition) is 2. The van der Waals surface area contributed by atoms with E-state index in [1.807, 2.05) is 0 Å². The van der Waals surface area contributed by atoms with Crippen molar-refractivity contribution in [3.63, 3.8) is 0 Å². The zero-order valence-electron chi connectivity index (χ0n) is 12.2. The molecule has 2 aromatic rings. The standard InChI is InChI=1S/C19H21NO/c1-3-7-17(8-4-1)15-19(18-9-5-2-6-10-18)16-20-11-13-21-14-12-20/h1-10,15H,11-14,16H2. The van der Waals surface area contributed by atoms with E-state index in [0.29, 0.717) is 0 Å². The SMILES string of the molecule is C(=C(CN1CCOCC1)c1ccccc1)c1ccccc1. The van der Waals surface area contributed by atoms with Crippen LogP contribution in [0.5, 0.6) is 0 Å². The molecule has 0 atom stereocenters. The van der Waals surface area contributed by atoms with Crippen LogP contribution in [0.25, 0.3) is 11.6 Å². The van der Waals surface area contributed by atoms with Gasteiger partial charge in [-0.25, -0.2) is 0 Å². The van der Waals surface area contributed by atoms with E-state index in [-0.39, 0.29) is 0 Å². The van der Waals surface area contributed by atoms with Gasteiger partial charge in [0.15, 0.2) is 0 Å². The Labute approximate surface area is 126 Å². The van der Waals surface area contributed by atoms with Crippen LogP contribution in [-0.4, -0.2) is 37.7 Å². The topological polar surface area (TPSA) is 12.5 Å². The predicted molar refractivity (Wildman–Crippen MR) is 88.0 cm³/mol. The van der Waals surface area contributed by atoms with Crippen molar-refractivity contribution in [2.24, 2.45) is 0 Å². The second-order valence-electron chi connectivity index (χ2n) is 5.33. The lowest BCUT2D eigenvalue weighted by molar-refractivity contribution is 0.0444. The first-order valence-electron chi connectivity index (χ1n) is 7.53. The lowest BCUT2D eigenvalue weighted by Crippen LogP contribution is -2.37. The van der Waals surface area contributed by atoms with Crippen molar-refractivity contribution < 1.29 is 4.74 Å². The van der Waals surface area contributed by atoms with Crippen molar-refractivity contribution in [2.45, 2.75) is 0 Å². The second kappa shape index (κ2) is 7.21. The van der Waals surface area contributed by atoms with Crippen molar-refractivity contribution in [3.8, 4) is 0 Å². The summed E-state index contributed by atoms with van der Waals surface area (Å²) in [5.41, 5.74) is 3.92. The van der Waals surface area contributed by atoms with E-state index >= 15 is 0 Å². The minimum Gasteiger partial charge on any atom is -0.379 e. The van der Waals surface area contributed by atoms with Crippen LogP contribution in [0.1, 0.15) is 11.1 Å². The molecule has 0 spiro atoms. The van der Waals surface area contributed by atoms with Crippen molar-refractivity contribution in [2.75, 3.05) is 32.8 Å². The Balaban J connectivity index is 1.85. The minimum atomic E-state index is 0.841. The quantitative estimate of drug-likeness (QED) is 0.793. The molecule has 108 valence electrons. The van der Waals surface area contributed by atoms with E-state index in [9.17, 15) is 0 Å². The molecule has 0 radical (unpaired) electrons. The summed E-state index contributed by atoms with van der Waals surface area (Å²) in [7, 11) is 0. The van der Waals surface area contributed by atoms with Gasteiger partial charge in [0.25, 0.3) is 0 Å². The number of rotatable bonds is 4. The van der Waals surface area contributed by atoms with Gasteiger partial charge in [0.2, 0.25) is 0 Å². The van der Waals surface area contributed by atoms with Crippen LogP contribution in [0.4, 0.5) is 0 Å². The van der Waals surface area contributed by atoms with E-state index in [1.54, 1.807) is 0 Å². The van der Waals surface area contributed by atoms with E-state index in [1.165, 1.54) is 16.7 Å². The van der Waals surface area contributed by atoms with Crippen LogP contribution in [0, 0.1) is 0 Å². The highest BCUT2D eigenvalue weighted by atomic mass is 16.5. The van der Waals surface area contributed by atoms with Gasteiger partial charge in [-0.3, -0.25) is 4.90 Å². The largest absolute Gasteiger partial charge is 0.379 e. The Hall–Kier alpha value is -1.90. The Kier molecular flexibility index (Phi) is 4.82. The minimum absolute atomic E-state index is 0.841. The smallest absolute Gasteiger partial charge is 0.0594 e. The number of benzene rings is 2. The third-order valence-electron chi connectivity index (χ3n) is 3.78. The zero-order valence-corrected chi connectivity index (χ0v) is 12.2. The highest BCUT2D eigenvalue weighted by molar-refractivity contribution is 5.82. The summed E-state index contributed by atoms with van der Waals surface area (Å²) in [6, 6.07) is 21.2. The van der Waals surface area contributed by atoms with Crippen LogP contribution in [0.2, 0.25) is 0 Å². The molecule has 3 rings (SSSR count). The molecular weight excluding hydrogens is 258 g/mol. The highest BCUT2D eigenvalue weighted by Gasteiger charge is 2.13. The number of morpholine rings is 1. The second-order valence-corrected chi connectivity index (χ2v) is 5.33. The van der Waals surface area contributed by atoms with Gasteiger partial charge in [-0.15, -0.1) is 0 Å². The molecule has 1 heterocycles. The summed E-state index contributed by atoms with van der Waals surface area (Å²) in [6.45, 7) is 4.68. The third-order valence-corrected chi connectivity index (χ3v) is 3.78. The molecule has 1 aliphatic rings. The van der Waals surface area contributed by atoms with E-state index in [0.717, 1.165) is 32.8 Å². The van der Waals surface area contributed by atoms with Gasteiger partial charge in [-0.05, 0) is 22.8 Å². The monoisotopic (exact) mass is 279 g/mol. The predicted octanol–water partition coefficient (Wildman–Crippen LogP) is 3.56. The Morgan fingerprint density at radius 3 is 2.19 bits per heavy atom. The number of nitrogens with zero attached hydrogens (tertiary/aromatic N) is 1. The summed E-state index contributed by atoms with van der Waals surface area (Å²) < 4.78 is 5.44. The maximum Gasteiger partial charge on any atom is 0.0594 e. The molecule has 0 bridgehead atoms. The van der Waals surface area contributed by atoms with Gasteiger partial charge in [0.1, 0.15) is 0 Å². The molecule has 0 aliphatic carbocycles. The normalized spacial score (nSPS) is 16.9. The molecule has 2 heteroatoms. The Bertz CT molecular complexity index is 571. The maximum absolute atomic E-state index is 5.44. The van der Waals surface area contributed by atoms with Crippen LogP contribution < -0.4 is 0 Å². The van der Waals surface area contributed by atoms with Crippen LogP contribution >= 0.6 is 0 Å². The summed E-state index contributed by atoms with van der Waals surface area (Å²) in [4.78, 5) is 2.46. The van der Waals surface area contributed by atoms with Gasteiger partial charge < -0.3 is 4.74 Å². The van der Waals surface area contributed by atoms with Crippen LogP contribution in [0.3, 0.4) is 0 Å². The highest BCUT2D eigenvalue weighted by Crippen LogP contribution is 2.20. The molecule has 0 amide bonds. The number of ether oxygens (including phenoxy) is 1. The molecule has 1 aliphatic heterocycles. The molecule has 0 saturated carbocycles. The molecule has 1 saturated heterocycles. The fourth-order valence-electron chi connectivity index (χ4n) is 2.62. The summed E-state index contributed by atoms with van der Waals surface area (Å²) in [5, 5.41) is 0. The van der Waals surface area contributed by atoms with Gasteiger partial charge in [-0.1, -0.05) is 60.7 Å². The van der Waals surface area contributed by atoms with Gasteiger partial charge >= 0.3 is 0 Å². The fourth-order valence-corrected chi connectivity index (χ4v) is 2.62. The Morgan fingerprint density at radius 2 is 1.52 bits per heavy atom. The first-order valence-corrected chi connectivity index (χ1v) is 7.53. The third kappa shape index (κ3) is 4.03. The lowest BCUT2D eigenvalue weighted by Gasteiger charge is -2.27. The first kappa shape index (κ1) is 14.1. The molecule has 1 fully saturated rings. The molecule has 0 aromatic heterocycles. The van der Waals surface area contributed by atoms with Crippen molar-refractivity contribution in [3.05, 3.63) is 71.8 Å². The summed E-state index contributed by atoms with van der Waals surface area (Å²) >= 11 is 0. The van der Waals surface area contributed by atoms with Crippen molar-refractivity contribution in [1.82, 2.24) is 4.90 Å². The average Bonchev–Trinajstić information content (AvgIpc) is 2.57. The molecule has 0 unspecified atom stereocenters. The van der Waals surface area contributed by atoms with Gasteiger partial charge in [0, 0.05) is 19.6 Å². The first-order chi connectivity index (χ1) is 10.4. The van der Waals surface area contributed by atoms with Crippen molar-refractivity contribution >= 4 is 11.6 Å². The van der Waals surface area contributed by atoms with E-state index in [2.05, 4.69) is 71.6 Å².